The molecule has 176 valence electrons. The molecular formula is C22H26ClF3N2O3S. The van der Waals surface area contributed by atoms with Crippen molar-refractivity contribution in [1.82, 2.24) is 4.90 Å². The van der Waals surface area contributed by atoms with E-state index in [9.17, 15) is 21.6 Å². The van der Waals surface area contributed by atoms with E-state index in [1.165, 1.54) is 29.7 Å². The lowest BCUT2D eigenvalue weighted by molar-refractivity contribution is -0.0499. The van der Waals surface area contributed by atoms with Gasteiger partial charge in [0, 0.05) is 26.2 Å². The van der Waals surface area contributed by atoms with E-state index in [4.69, 9.17) is 0 Å². The van der Waals surface area contributed by atoms with Crippen molar-refractivity contribution >= 4 is 28.2 Å². The van der Waals surface area contributed by atoms with Gasteiger partial charge in [0.1, 0.15) is 0 Å². The molecule has 0 N–H and O–H groups in total. The van der Waals surface area contributed by atoms with Crippen molar-refractivity contribution in [3.8, 4) is 5.75 Å². The summed E-state index contributed by atoms with van der Waals surface area (Å²) in [6, 6.07) is 14.6. The third kappa shape index (κ3) is 5.32. The highest BCUT2D eigenvalue weighted by molar-refractivity contribution is 7.88. The molecule has 1 heterocycles. The first-order chi connectivity index (χ1) is 14.7. The first kappa shape index (κ1) is 24.7. The molecular weight excluding hydrogens is 465 g/mol. The van der Waals surface area contributed by atoms with Gasteiger partial charge in [-0.25, -0.2) is 0 Å². The van der Waals surface area contributed by atoms with E-state index in [-0.39, 0.29) is 18.2 Å². The Kier molecular flexibility index (Phi) is 7.62. The Morgan fingerprint density at radius 3 is 2.34 bits per heavy atom. The highest BCUT2D eigenvalue weighted by Gasteiger charge is 2.49. The summed E-state index contributed by atoms with van der Waals surface area (Å²) < 4.78 is 65.4. The molecule has 1 unspecified atom stereocenters. The third-order valence-electron chi connectivity index (χ3n) is 6.11. The van der Waals surface area contributed by atoms with E-state index in [0.29, 0.717) is 24.7 Å². The number of halogens is 4. The summed E-state index contributed by atoms with van der Waals surface area (Å²) in [7, 11) is -5.70. The Balaban J connectivity index is 0.00000289. The molecule has 10 heteroatoms. The fraction of sp³-hybridized carbons (Fsp3) is 0.455. The van der Waals surface area contributed by atoms with Gasteiger partial charge in [-0.05, 0) is 55.0 Å². The van der Waals surface area contributed by atoms with Crippen LogP contribution in [0, 0.1) is 0 Å². The summed E-state index contributed by atoms with van der Waals surface area (Å²) in [5.74, 6) is 0.284. The molecule has 2 aromatic rings. The van der Waals surface area contributed by atoms with Gasteiger partial charge >= 0.3 is 15.6 Å². The largest absolute Gasteiger partial charge is 0.534 e. The molecule has 0 amide bonds. The van der Waals surface area contributed by atoms with Gasteiger partial charge in [-0.3, -0.25) is 4.90 Å². The van der Waals surface area contributed by atoms with Gasteiger partial charge in [0.2, 0.25) is 0 Å². The lowest BCUT2D eigenvalue weighted by Crippen LogP contribution is -2.47. The second-order valence-corrected chi connectivity index (χ2v) is 9.54. The average Bonchev–Trinajstić information content (AvgIpc) is 3.15. The van der Waals surface area contributed by atoms with Crippen LogP contribution in [0.3, 0.4) is 0 Å². The Morgan fingerprint density at radius 2 is 1.62 bits per heavy atom. The number of rotatable bonds is 6. The number of alkyl halides is 3. The molecule has 1 fully saturated rings. The number of nitrogens with zero attached hydrogens (tertiary/aromatic N) is 2. The van der Waals surface area contributed by atoms with Gasteiger partial charge in [-0.15, -0.1) is 12.4 Å². The zero-order chi connectivity index (χ0) is 22.1. The van der Waals surface area contributed by atoms with E-state index in [1.807, 2.05) is 4.90 Å². The van der Waals surface area contributed by atoms with Crippen LogP contribution in [0.2, 0.25) is 0 Å². The molecule has 4 rings (SSSR count). The van der Waals surface area contributed by atoms with Crippen molar-refractivity contribution in [1.29, 1.82) is 0 Å². The first-order valence-electron chi connectivity index (χ1n) is 10.4. The molecule has 0 spiro atoms. The standard InChI is InChI=1S/C22H25F3N2O3S.ClH/c23-22(24,25)31(28,29)30-21-8-4-3-7-20(21)27-15-13-26(14-16-27)12-11-18-10-9-17-5-1-2-6-19(17)18;/h1-8,18H,9-16H2;1H. The van der Waals surface area contributed by atoms with E-state index >= 15 is 0 Å². The molecule has 0 aromatic heterocycles. The highest BCUT2D eigenvalue weighted by Crippen LogP contribution is 2.36. The zero-order valence-electron chi connectivity index (χ0n) is 17.4. The molecule has 0 bridgehead atoms. The van der Waals surface area contributed by atoms with Crippen LogP contribution in [0.25, 0.3) is 0 Å². The third-order valence-corrected chi connectivity index (χ3v) is 7.08. The van der Waals surface area contributed by atoms with E-state index in [0.717, 1.165) is 32.5 Å². The van der Waals surface area contributed by atoms with Crippen LogP contribution in [0.1, 0.15) is 29.9 Å². The molecule has 1 atom stereocenters. The minimum atomic E-state index is -5.70. The van der Waals surface area contributed by atoms with Crippen molar-refractivity contribution in [2.75, 3.05) is 37.6 Å². The molecule has 5 nitrogen and oxygen atoms in total. The van der Waals surface area contributed by atoms with E-state index in [2.05, 4.69) is 33.3 Å². The van der Waals surface area contributed by atoms with Gasteiger partial charge < -0.3 is 9.08 Å². The number of hydrogen-bond acceptors (Lipinski definition) is 5. The predicted octanol–water partition coefficient (Wildman–Crippen LogP) is 4.58. The minimum absolute atomic E-state index is 0. The van der Waals surface area contributed by atoms with Crippen LogP contribution in [0.15, 0.2) is 48.5 Å². The maximum absolute atomic E-state index is 12.7. The van der Waals surface area contributed by atoms with Crippen LogP contribution in [-0.4, -0.2) is 51.5 Å². The summed E-state index contributed by atoms with van der Waals surface area (Å²) in [5.41, 5.74) is -2.20. The van der Waals surface area contributed by atoms with Crippen LogP contribution in [0.5, 0.6) is 5.75 Å². The Hall–Kier alpha value is -1.97. The topological polar surface area (TPSA) is 49.9 Å². The first-order valence-corrected chi connectivity index (χ1v) is 11.8. The van der Waals surface area contributed by atoms with E-state index < -0.39 is 15.6 Å². The van der Waals surface area contributed by atoms with Crippen LogP contribution >= 0.6 is 12.4 Å². The highest BCUT2D eigenvalue weighted by atomic mass is 35.5. The monoisotopic (exact) mass is 490 g/mol. The molecule has 1 aliphatic heterocycles. The SMILES string of the molecule is Cl.O=S(=O)(Oc1ccccc1N1CCN(CCC2CCc3ccccc32)CC1)C(F)(F)F. The number of anilines is 1. The second kappa shape index (κ2) is 9.89. The fourth-order valence-corrected chi connectivity index (χ4v) is 4.92. The Labute approximate surface area is 192 Å². The van der Waals surface area contributed by atoms with Crippen molar-refractivity contribution in [3.05, 3.63) is 59.7 Å². The van der Waals surface area contributed by atoms with Crippen LogP contribution in [-0.2, 0) is 16.5 Å². The number of piperazine rings is 1. The van der Waals surface area contributed by atoms with Gasteiger partial charge in [0.15, 0.2) is 5.75 Å². The number of benzene rings is 2. The van der Waals surface area contributed by atoms with Crippen molar-refractivity contribution in [3.63, 3.8) is 0 Å². The fourth-order valence-electron chi connectivity index (χ4n) is 4.45. The van der Waals surface area contributed by atoms with Gasteiger partial charge in [-0.2, -0.15) is 21.6 Å². The second-order valence-electron chi connectivity index (χ2n) is 8.00. The molecule has 0 saturated carbocycles. The van der Waals surface area contributed by atoms with Crippen molar-refractivity contribution < 1.29 is 25.8 Å². The Bertz CT molecular complexity index is 1030. The number of fused-ring (bicyclic) bond motifs is 1. The zero-order valence-corrected chi connectivity index (χ0v) is 19.1. The van der Waals surface area contributed by atoms with Gasteiger partial charge in [0.05, 0.1) is 5.69 Å². The quantitative estimate of drug-likeness (QED) is 0.438. The molecule has 1 aliphatic carbocycles. The number of aryl methyl sites for hydroxylation is 1. The molecule has 2 aliphatic rings. The summed E-state index contributed by atoms with van der Waals surface area (Å²) in [4.78, 5) is 4.23. The summed E-state index contributed by atoms with van der Waals surface area (Å²) in [6.07, 6.45) is 3.39. The number of hydrogen-bond donors (Lipinski definition) is 0. The summed E-state index contributed by atoms with van der Waals surface area (Å²) in [5, 5.41) is 0. The minimum Gasteiger partial charge on any atom is -0.374 e. The molecule has 0 radical (unpaired) electrons. The molecule has 32 heavy (non-hydrogen) atoms. The average molecular weight is 491 g/mol. The van der Waals surface area contributed by atoms with Gasteiger partial charge in [0.25, 0.3) is 0 Å². The lowest BCUT2D eigenvalue weighted by atomic mass is 9.97. The molecule has 2 aromatic carbocycles. The molecule has 1 saturated heterocycles. The van der Waals surface area contributed by atoms with Crippen LogP contribution in [0.4, 0.5) is 18.9 Å². The van der Waals surface area contributed by atoms with Gasteiger partial charge in [-0.1, -0.05) is 36.4 Å². The predicted molar refractivity (Wildman–Crippen MR) is 120 cm³/mol. The number of para-hydroxylation sites is 2. The van der Waals surface area contributed by atoms with Crippen molar-refractivity contribution in [2.24, 2.45) is 0 Å². The maximum atomic E-state index is 12.7. The normalized spacial score (nSPS) is 19.3. The summed E-state index contributed by atoms with van der Waals surface area (Å²) in [6.45, 7) is 3.66. The Morgan fingerprint density at radius 1 is 0.969 bits per heavy atom. The van der Waals surface area contributed by atoms with E-state index in [1.54, 1.807) is 12.1 Å². The smallest absolute Gasteiger partial charge is 0.374 e. The lowest BCUT2D eigenvalue weighted by Gasteiger charge is -2.37. The maximum Gasteiger partial charge on any atom is 0.534 e. The van der Waals surface area contributed by atoms with Crippen LogP contribution < -0.4 is 9.08 Å². The summed E-state index contributed by atoms with van der Waals surface area (Å²) >= 11 is 0. The van der Waals surface area contributed by atoms with Crippen molar-refractivity contribution in [2.45, 2.75) is 30.7 Å².